The standard InChI is InChI=1S/C21H33ClN2O/c1-4-11-21(25)24(18-13-8-7-9-14-18)19-15-10-12-17(22)16-20(19)23(5-2)6-3/h7-9,13-14,17,19-20H,4-6,10-12,15-16H2,1-3H3. The van der Waals surface area contributed by atoms with Crippen LogP contribution >= 0.6 is 11.6 Å². The van der Waals surface area contributed by atoms with E-state index in [4.69, 9.17) is 11.6 Å². The molecule has 0 aliphatic heterocycles. The molecular weight excluding hydrogens is 332 g/mol. The second kappa shape index (κ2) is 10.2. The lowest BCUT2D eigenvalue weighted by Crippen LogP contribution is -2.54. The molecule has 0 spiro atoms. The predicted octanol–water partition coefficient (Wildman–Crippen LogP) is 5.08. The molecule has 2 rings (SSSR count). The van der Waals surface area contributed by atoms with Gasteiger partial charge in [0, 0.05) is 23.5 Å². The first-order valence-electron chi connectivity index (χ1n) is 9.87. The maximum absolute atomic E-state index is 13.1. The highest BCUT2D eigenvalue weighted by atomic mass is 35.5. The van der Waals surface area contributed by atoms with Crippen LogP contribution in [0.5, 0.6) is 0 Å². The summed E-state index contributed by atoms with van der Waals surface area (Å²) in [5, 5.41) is 0.203. The van der Waals surface area contributed by atoms with Gasteiger partial charge in [0.2, 0.25) is 5.91 Å². The molecule has 0 bridgehead atoms. The lowest BCUT2D eigenvalue weighted by atomic mass is 9.97. The number of alkyl halides is 1. The number of para-hydroxylation sites is 1. The van der Waals surface area contributed by atoms with Gasteiger partial charge in [-0.2, -0.15) is 0 Å². The normalized spacial score (nSPS) is 24.1. The lowest BCUT2D eigenvalue weighted by molar-refractivity contribution is -0.119. The van der Waals surface area contributed by atoms with Crippen LogP contribution in [0.3, 0.4) is 0 Å². The van der Waals surface area contributed by atoms with E-state index in [1.54, 1.807) is 0 Å². The summed E-state index contributed by atoms with van der Waals surface area (Å²) in [5.74, 6) is 0.240. The molecule has 1 aliphatic carbocycles. The molecule has 1 amide bonds. The SMILES string of the molecule is CCCC(=O)N(c1ccccc1)C1CCCC(Cl)CC1N(CC)CC. The van der Waals surface area contributed by atoms with E-state index in [2.05, 4.69) is 42.7 Å². The average molecular weight is 365 g/mol. The Balaban J connectivity index is 2.41. The highest BCUT2D eigenvalue weighted by molar-refractivity contribution is 6.20. The molecule has 0 heterocycles. The third-order valence-electron chi connectivity index (χ3n) is 5.34. The van der Waals surface area contributed by atoms with Gasteiger partial charge < -0.3 is 4.90 Å². The third kappa shape index (κ3) is 5.21. The Morgan fingerprint density at radius 1 is 1.08 bits per heavy atom. The van der Waals surface area contributed by atoms with Gasteiger partial charge in [0.05, 0.1) is 6.04 Å². The molecule has 0 radical (unpaired) electrons. The third-order valence-corrected chi connectivity index (χ3v) is 5.73. The maximum atomic E-state index is 13.1. The van der Waals surface area contributed by atoms with Crippen LogP contribution in [0.25, 0.3) is 0 Å². The number of benzene rings is 1. The van der Waals surface area contributed by atoms with Crippen molar-refractivity contribution in [3.63, 3.8) is 0 Å². The summed E-state index contributed by atoms with van der Waals surface area (Å²) < 4.78 is 0. The number of likely N-dealkylation sites (N-methyl/N-ethyl adjacent to an activating group) is 1. The first kappa shape index (κ1) is 20.3. The summed E-state index contributed by atoms with van der Waals surface area (Å²) in [6, 6.07) is 10.7. The van der Waals surface area contributed by atoms with Crippen molar-refractivity contribution in [1.82, 2.24) is 4.90 Å². The zero-order chi connectivity index (χ0) is 18.2. The van der Waals surface area contributed by atoms with Gasteiger partial charge in [0.1, 0.15) is 0 Å². The summed E-state index contributed by atoms with van der Waals surface area (Å²) in [6.45, 7) is 8.47. The Labute approximate surface area is 158 Å². The van der Waals surface area contributed by atoms with Gasteiger partial charge in [-0.15, -0.1) is 11.6 Å². The molecule has 1 aliphatic rings. The minimum Gasteiger partial charge on any atom is -0.308 e. The summed E-state index contributed by atoms with van der Waals surface area (Å²) in [5.41, 5.74) is 1.02. The zero-order valence-electron chi connectivity index (χ0n) is 16.0. The minimum absolute atomic E-state index is 0.199. The van der Waals surface area contributed by atoms with E-state index in [0.717, 1.165) is 50.9 Å². The van der Waals surface area contributed by atoms with Crippen molar-refractivity contribution in [2.75, 3.05) is 18.0 Å². The van der Waals surface area contributed by atoms with Gasteiger partial charge in [-0.3, -0.25) is 9.69 Å². The molecule has 140 valence electrons. The van der Waals surface area contributed by atoms with E-state index in [1.165, 1.54) is 0 Å². The van der Waals surface area contributed by atoms with Crippen LogP contribution in [-0.2, 0) is 4.79 Å². The Morgan fingerprint density at radius 3 is 2.36 bits per heavy atom. The first-order valence-corrected chi connectivity index (χ1v) is 10.3. The van der Waals surface area contributed by atoms with E-state index in [1.807, 2.05) is 18.2 Å². The molecule has 1 fully saturated rings. The van der Waals surface area contributed by atoms with Crippen LogP contribution in [0.2, 0.25) is 0 Å². The van der Waals surface area contributed by atoms with Gasteiger partial charge in [-0.1, -0.05) is 39.0 Å². The van der Waals surface area contributed by atoms with Crippen molar-refractivity contribution < 1.29 is 4.79 Å². The van der Waals surface area contributed by atoms with Gasteiger partial charge in [-0.05, 0) is 57.3 Å². The number of halogens is 1. The number of carbonyl (C=O) groups excluding carboxylic acids is 1. The molecule has 1 aromatic rings. The number of rotatable bonds is 7. The van der Waals surface area contributed by atoms with Gasteiger partial charge >= 0.3 is 0 Å². The van der Waals surface area contributed by atoms with E-state index < -0.39 is 0 Å². The van der Waals surface area contributed by atoms with Crippen molar-refractivity contribution >= 4 is 23.2 Å². The molecule has 3 atom stereocenters. The molecule has 4 heteroatoms. The maximum Gasteiger partial charge on any atom is 0.227 e. The highest BCUT2D eigenvalue weighted by Crippen LogP contribution is 2.32. The van der Waals surface area contributed by atoms with Crippen LogP contribution < -0.4 is 4.90 Å². The minimum atomic E-state index is 0.199. The summed E-state index contributed by atoms with van der Waals surface area (Å²) in [6.07, 6.45) is 5.58. The molecule has 1 saturated carbocycles. The van der Waals surface area contributed by atoms with E-state index >= 15 is 0 Å². The van der Waals surface area contributed by atoms with Crippen molar-refractivity contribution in [3.8, 4) is 0 Å². The van der Waals surface area contributed by atoms with Crippen LogP contribution in [0.15, 0.2) is 30.3 Å². The Morgan fingerprint density at radius 2 is 1.76 bits per heavy atom. The first-order chi connectivity index (χ1) is 12.1. The Kier molecular flexibility index (Phi) is 8.25. The van der Waals surface area contributed by atoms with Crippen LogP contribution in [0, 0.1) is 0 Å². The van der Waals surface area contributed by atoms with Gasteiger partial charge in [0.25, 0.3) is 0 Å². The second-order valence-corrected chi connectivity index (χ2v) is 7.59. The second-order valence-electron chi connectivity index (χ2n) is 6.97. The number of hydrogen-bond donors (Lipinski definition) is 0. The van der Waals surface area contributed by atoms with Crippen LogP contribution in [-0.4, -0.2) is 41.4 Å². The number of carbonyl (C=O) groups is 1. The van der Waals surface area contributed by atoms with Crippen molar-refractivity contribution in [2.24, 2.45) is 0 Å². The molecule has 0 aromatic heterocycles. The molecule has 0 N–H and O–H groups in total. The Hall–Kier alpha value is -1.06. The molecule has 25 heavy (non-hydrogen) atoms. The molecule has 1 aromatic carbocycles. The predicted molar refractivity (Wildman–Crippen MR) is 107 cm³/mol. The van der Waals surface area contributed by atoms with Crippen molar-refractivity contribution in [2.45, 2.75) is 76.8 Å². The smallest absolute Gasteiger partial charge is 0.227 e. The van der Waals surface area contributed by atoms with Gasteiger partial charge in [-0.25, -0.2) is 0 Å². The highest BCUT2D eigenvalue weighted by Gasteiger charge is 2.37. The number of nitrogens with zero attached hydrogens (tertiary/aromatic N) is 2. The Bertz CT molecular complexity index is 518. The topological polar surface area (TPSA) is 23.6 Å². The quantitative estimate of drug-likeness (QED) is 0.497. The van der Waals surface area contributed by atoms with E-state index in [9.17, 15) is 4.79 Å². The number of anilines is 1. The number of hydrogen-bond acceptors (Lipinski definition) is 2. The molecule has 0 saturated heterocycles. The fourth-order valence-electron chi connectivity index (χ4n) is 4.11. The van der Waals surface area contributed by atoms with Crippen molar-refractivity contribution in [1.29, 1.82) is 0 Å². The summed E-state index contributed by atoms with van der Waals surface area (Å²) >= 11 is 6.60. The summed E-state index contributed by atoms with van der Waals surface area (Å²) in [7, 11) is 0. The summed E-state index contributed by atoms with van der Waals surface area (Å²) in [4.78, 5) is 17.6. The number of amides is 1. The van der Waals surface area contributed by atoms with Gasteiger partial charge in [0.15, 0.2) is 0 Å². The zero-order valence-corrected chi connectivity index (χ0v) is 16.7. The van der Waals surface area contributed by atoms with Crippen LogP contribution in [0.4, 0.5) is 5.69 Å². The average Bonchev–Trinajstić information content (AvgIpc) is 2.80. The fraction of sp³-hybridized carbons (Fsp3) is 0.667. The molecule has 3 unspecified atom stereocenters. The molecule has 3 nitrogen and oxygen atoms in total. The monoisotopic (exact) mass is 364 g/mol. The molecular formula is C21H33ClN2O. The fourth-order valence-corrected chi connectivity index (χ4v) is 4.44. The van der Waals surface area contributed by atoms with Crippen LogP contribution in [0.1, 0.15) is 59.3 Å². The van der Waals surface area contributed by atoms with Crippen molar-refractivity contribution in [3.05, 3.63) is 30.3 Å². The largest absolute Gasteiger partial charge is 0.308 e. The van der Waals surface area contributed by atoms with E-state index in [0.29, 0.717) is 12.5 Å². The van der Waals surface area contributed by atoms with E-state index in [-0.39, 0.29) is 17.3 Å². The lowest BCUT2D eigenvalue weighted by Gasteiger charge is -2.41.